The number of rotatable bonds is 10. The van der Waals surface area contributed by atoms with Crippen molar-refractivity contribution in [2.45, 2.75) is 57.8 Å². The molecule has 0 aliphatic heterocycles. The molecule has 0 fully saturated rings. The van der Waals surface area contributed by atoms with E-state index in [0.717, 1.165) is 23.2 Å². The van der Waals surface area contributed by atoms with Gasteiger partial charge in [-0.25, -0.2) is 4.98 Å². The van der Waals surface area contributed by atoms with Gasteiger partial charge in [-0.1, -0.05) is 154 Å². The van der Waals surface area contributed by atoms with Gasteiger partial charge < -0.3 is 0 Å². The van der Waals surface area contributed by atoms with Gasteiger partial charge in [-0.2, -0.15) is 0 Å². The quantitative estimate of drug-likeness (QED) is 0.137. The zero-order chi connectivity index (χ0) is 33.2. The maximum atomic E-state index is 5.29. The molecule has 7 aromatic rings. The molecule has 0 N–H and O–H groups in total. The summed E-state index contributed by atoms with van der Waals surface area (Å²) in [5.74, 6) is 0. The highest BCUT2D eigenvalue weighted by molar-refractivity contribution is 5.99. The van der Waals surface area contributed by atoms with Crippen LogP contribution < -0.4 is 0 Å². The van der Waals surface area contributed by atoms with Crippen LogP contribution >= 0.6 is 0 Å². The Kier molecular flexibility index (Phi) is 8.44. The van der Waals surface area contributed by atoms with Gasteiger partial charge in [0, 0.05) is 16.4 Å². The number of hydrogen-bond acceptors (Lipinski definition) is 1. The zero-order valence-electron chi connectivity index (χ0n) is 28.6. The first kappa shape index (κ1) is 31.0. The molecule has 1 heteroatoms. The van der Waals surface area contributed by atoms with Crippen LogP contribution in [0, 0.1) is 0 Å². The van der Waals surface area contributed by atoms with Crippen molar-refractivity contribution in [3.63, 3.8) is 0 Å². The van der Waals surface area contributed by atoms with E-state index in [1.54, 1.807) is 0 Å². The van der Waals surface area contributed by atoms with Crippen LogP contribution in [-0.2, 0) is 18.3 Å². The number of fused-ring (bicyclic) bond motifs is 4. The van der Waals surface area contributed by atoms with E-state index >= 15 is 0 Å². The minimum absolute atomic E-state index is 0.0488. The molecule has 1 aliphatic rings. The standard InChI is InChI=1S/C48H43N/c1-48(2)44-25-14-13-24-40(44)41-28-26-39(32-45(41)48)47-33-42(36-21-11-6-12-22-36)43-31-38(27-29-46(43)49-47)37-23-15-20-35(30-37)19-8-4-3-7-16-34-17-9-5-10-18-34/h5-6,9-15,17-18,20-33H,3-4,7-8,16,19H2,1-2H3. The lowest BCUT2D eigenvalue weighted by Gasteiger charge is -2.22. The molecule has 1 aromatic heterocycles. The normalized spacial score (nSPS) is 12.9. The third-order valence-corrected chi connectivity index (χ3v) is 10.6. The van der Waals surface area contributed by atoms with Crippen LogP contribution in [0.4, 0.5) is 0 Å². The molecule has 0 spiro atoms. The molecule has 8 rings (SSSR count). The van der Waals surface area contributed by atoms with E-state index in [4.69, 9.17) is 4.98 Å². The Morgan fingerprint density at radius 1 is 0.429 bits per heavy atom. The Labute approximate surface area is 291 Å². The number of aryl methyl sites for hydroxylation is 2. The van der Waals surface area contributed by atoms with E-state index in [2.05, 4.69) is 166 Å². The van der Waals surface area contributed by atoms with Crippen LogP contribution in [0.15, 0.2) is 152 Å². The maximum absolute atomic E-state index is 5.29. The summed E-state index contributed by atoms with van der Waals surface area (Å²) in [5, 5.41) is 1.19. The fourth-order valence-electron chi connectivity index (χ4n) is 7.84. The minimum Gasteiger partial charge on any atom is -0.248 e. The fourth-order valence-corrected chi connectivity index (χ4v) is 7.84. The molecule has 0 unspecified atom stereocenters. The lowest BCUT2D eigenvalue weighted by atomic mass is 9.82. The average molecular weight is 634 g/mol. The molecule has 0 bridgehead atoms. The summed E-state index contributed by atoms with van der Waals surface area (Å²) in [4.78, 5) is 5.29. The molecule has 0 saturated carbocycles. The summed E-state index contributed by atoms with van der Waals surface area (Å²) in [6, 6.07) is 55.7. The summed E-state index contributed by atoms with van der Waals surface area (Å²) < 4.78 is 0. The molecule has 0 amide bonds. The van der Waals surface area contributed by atoms with Gasteiger partial charge in [0.15, 0.2) is 0 Å². The molecule has 0 saturated heterocycles. The number of nitrogens with zero attached hydrogens (tertiary/aromatic N) is 1. The average Bonchev–Trinajstić information content (AvgIpc) is 3.38. The SMILES string of the molecule is CC1(C)c2ccccc2-c2ccc(-c3cc(-c4ccccc4)c4cc(-c5cccc(CCCCCCc6ccccc6)c5)ccc4n3)cc21. The zero-order valence-corrected chi connectivity index (χ0v) is 28.6. The summed E-state index contributed by atoms with van der Waals surface area (Å²) in [5.41, 5.74) is 16.4. The smallest absolute Gasteiger partial charge is 0.0716 e. The van der Waals surface area contributed by atoms with E-state index in [1.165, 1.54) is 93.1 Å². The summed E-state index contributed by atoms with van der Waals surface area (Å²) >= 11 is 0. The number of unbranched alkanes of at least 4 members (excludes halogenated alkanes) is 3. The van der Waals surface area contributed by atoms with Crippen LogP contribution in [-0.4, -0.2) is 4.98 Å². The van der Waals surface area contributed by atoms with E-state index < -0.39 is 0 Å². The summed E-state index contributed by atoms with van der Waals surface area (Å²) in [7, 11) is 0. The Morgan fingerprint density at radius 3 is 1.88 bits per heavy atom. The van der Waals surface area contributed by atoms with Crippen LogP contribution in [0.2, 0.25) is 0 Å². The number of aromatic nitrogens is 1. The third-order valence-electron chi connectivity index (χ3n) is 10.6. The lowest BCUT2D eigenvalue weighted by Crippen LogP contribution is -2.14. The van der Waals surface area contributed by atoms with Crippen molar-refractivity contribution in [3.8, 4) is 44.6 Å². The summed E-state index contributed by atoms with van der Waals surface area (Å²) in [6.45, 7) is 4.68. The van der Waals surface area contributed by atoms with Crippen LogP contribution in [0.5, 0.6) is 0 Å². The highest BCUT2D eigenvalue weighted by Gasteiger charge is 2.35. The van der Waals surface area contributed by atoms with Crippen LogP contribution in [0.1, 0.15) is 61.8 Å². The Bertz CT molecular complexity index is 2240. The maximum Gasteiger partial charge on any atom is 0.0716 e. The Morgan fingerprint density at radius 2 is 1.06 bits per heavy atom. The number of pyridine rings is 1. The van der Waals surface area contributed by atoms with Gasteiger partial charge in [0.25, 0.3) is 0 Å². The molecule has 1 heterocycles. The first-order valence-corrected chi connectivity index (χ1v) is 17.9. The predicted octanol–water partition coefficient (Wildman–Crippen LogP) is 12.9. The van der Waals surface area contributed by atoms with E-state index in [9.17, 15) is 0 Å². The molecule has 6 aromatic carbocycles. The second kappa shape index (κ2) is 13.3. The lowest BCUT2D eigenvalue weighted by molar-refractivity contribution is 0.640. The molecule has 240 valence electrons. The monoisotopic (exact) mass is 633 g/mol. The number of benzene rings is 6. The largest absolute Gasteiger partial charge is 0.248 e. The van der Waals surface area contributed by atoms with Crippen LogP contribution in [0.3, 0.4) is 0 Å². The molecular weight excluding hydrogens is 591 g/mol. The van der Waals surface area contributed by atoms with E-state index in [0.29, 0.717) is 0 Å². The fraction of sp³-hybridized carbons (Fsp3) is 0.188. The first-order valence-electron chi connectivity index (χ1n) is 17.9. The Balaban J connectivity index is 1.07. The second-order valence-corrected chi connectivity index (χ2v) is 14.2. The van der Waals surface area contributed by atoms with Crippen molar-refractivity contribution in [1.29, 1.82) is 0 Å². The van der Waals surface area contributed by atoms with Gasteiger partial charge in [0.2, 0.25) is 0 Å². The van der Waals surface area contributed by atoms with Gasteiger partial charge in [-0.15, -0.1) is 0 Å². The van der Waals surface area contributed by atoms with Gasteiger partial charge in [0.05, 0.1) is 11.2 Å². The minimum atomic E-state index is -0.0488. The van der Waals surface area contributed by atoms with Crippen LogP contribution in [0.25, 0.3) is 55.5 Å². The van der Waals surface area contributed by atoms with Crippen molar-refractivity contribution in [2.75, 3.05) is 0 Å². The van der Waals surface area contributed by atoms with Gasteiger partial charge in [-0.3, -0.25) is 0 Å². The molecule has 1 nitrogen and oxygen atoms in total. The third kappa shape index (κ3) is 6.22. The van der Waals surface area contributed by atoms with Crippen molar-refractivity contribution in [3.05, 3.63) is 174 Å². The van der Waals surface area contributed by atoms with Crippen molar-refractivity contribution in [1.82, 2.24) is 4.98 Å². The molecular formula is C48H43N. The molecule has 1 aliphatic carbocycles. The predicted molar refractivity (Wildman–Crippen MR) is 208 cm³/mol. The van der Waals surface area contributed by atoms with Gasteiger partial charge in [0.1, 0.15) is 0 Å². The van der Waals surface area contributed by atoms with Crippen molar-refractivity contribution >= 4 is 10.9 Å². The Hall–Kier alpha value is -5.27. The summed E-state index contributed by atoms with van der Waals surface area (Å²) in [6.07, 6.45) is 7.35. The highest BCUT2D eigenvalue weighted by Crippen LogP contribution is 2.49. The molecule has 49 heavy (non-hydrogen) atoms. The van der Waals surface area contributed by atoms with E-state index in [-0.39, 0.29) is 5.41 Å². The van der Waals surface area contributed by atoms with Gasteiger partial charge in [-0.05, 0) is 106 Å². The number of hydrogen-bond donors (Lipinski definition) is 0. The highest BCUT2D eigenvalue weighted by atomic mass is 14.7. The topological polar surface area (TPSA) is 12.9 Å². The first-order chi connectivity index (χ1) is 24.0. The molecule has 0 radical (unpaired) electrons. The van der Waals surface area contributed by atoms with E-state index in [1.807, 2.05) is 0 Å². The van der Waals surface area contributed by atoms with Crippen molar-refractivity contribution in [2.24, 2.45) is 0 Å². The van der Waals surface area contributed by atoms with Crippen molar-refractivity contribution < 1.29 is 0 Å². The second-order valence-electron chi connectivity index (χ2n) is 14.2. The molecule has 0 atom stereocenters. The van der Waals surface area contributed by atoms with Gasteiger partial charge >= 0.3 is 0 Å².